The van der Waals surface area contributed by atoms with Gasteiger partial charge in [0.2, 0.25) is 0 Å². The van der Waals surface area contributed by atoms with Gasteiger partial charge in [0, 0.05) is 12.5 Å². The van der Waals surface area contributed by atoms with Crippen LogP contribution in [0.3, 0.4) is 0 Å². The molecule has 1 fully saturated rings. The summed E-state index contributed by atoms with van der Waals surface area (Å²) in [5, 5.41) is 0. The number of carbonyl (C=O) groups is 1. The Labute approximate surface area is 121 Å². The zero-order valence-corrected chi connectivity index (χ0v) is 12.3. The summed E-state index contributed by atoms with van der Waals surface area (Å²) < 4.78 is 13.6. The summed E-state index contributed by atoms with van der Waals surface area (Å²) in [4.78, 5) is 14.4. The van der Waals surface area contributed by atoms with Crippen LogP contribution in [0.4, 0.5) is 4.39 Å². The van der Waals surface area contributed by atoms with Crippen LogP contribution in [0.2, 0.25) is 0 Å². The number of ketones is 1. The van der Waals surface area contributed by atoms with Gasteiger partial charge < -0.3 is 0 Å². The minimum atomic E-state index is -0.276. The van der Waals surface area contributed by atoms with Crippen LogP contribution in [0.5, 0.6) is 0 Å². The minimum absolute atomic E-state index is 0.113. The van der Waals surface area contributed by atoms with Gasteiger partial charge in [0.1, 0.15) is 5.82 Å². The van der Waals surface area contributed by atoms with E-state index in [1.54, 1.807) is 18.2 Å². The topological polar surface area (TPSA) is 20.3 Å². The van der Waals surface area contributed by atoms with Crippen molar-refractivity contribution >= 4 is 5.78 Å². The summed E-state index contributed by atoms with van der Waals surface area (Å²) in [7, 11) is 0. The van der Waals surface area contributed by atoms with Crippen molar-refractivity contribution in [1.82, 2.24) is 4.90 Å². The van der Waals surface area contributed by atoms with E-state index in [0.717, 1.165) is 6.54 Å². The highest BCUT2D eigenvalue weighted by molar-refractivity contribution is 5.82. The summed E-state index contributed by atoms with van der Waals surface area (Å²) >= 11 is 0. The SMILES string of the molecule is CCN(CC(=O)Cc1ccccc1F)C1CCCCC1. The van der Waals surface area contributed by atoms with Crippen LogP contribution in [0.25, 0.3) is 0 Å². The number of halogens is 1. The number of likely N-dealkylation sites (N-methyl/N-ethyl adjacent to an activating group) is 1. The number of hydrogen-bond acceptors (Lipinski definition) is 2. The van der Waals surface area contributed by atoms with E-state index >= 15 is 0 Å². The van der Waals surface area contributed by atoms with E-state index in [9.17, 15) is 9.18 Å². The molecule has 0 unspecified atom stereocenters. The molecule has 0 heterocycles. The van der Waals surface area contributed by atoms with E-state index in [0.29, 0.717) is 18.2 Å². The number of benzene rings is 1. The lowest BCUT2D eigenvalue weighted by atomic mass is 9.94. The van der Waals surface area contributed by atoms with Gasteiger partial charge in [0.15, 0.2) is 5.78 Å². The van der Waals surface area contributed by atoms with Gasteiger partial charge in [0.05, 0.1) is 6.54 Å². The van der Waals surface area contributed by atoms with Gasteiger partial charge >= 0.3 is 0 Å². The van der Waals surface area contributed by atoms with Gasteiger partial charge in [-0.25, -0.2) is 4.39 Å². The Morgan fingerprint density at radius 3 is 2.60 bits per heavy atom. The van der Waals surface area contributed by atoms with Gasteiger partial charge in [0.25, 0.3) is 0 Å². The van der Waals surface area contributed by atoms with E-state index in [-0.39, 0.29) is 18.0 Å². The second-order valence-corrected chi connectivity index (χ2v) is 5.66. The van der Waals surface area contributed by atoms with Gasteiger partial charge in [-0.1, -0.05) is 44.4 Å². The average Bonchev–Trinajstić information content (AvgIpc) is 2.48. The first-order valence-corrected chi connectivity index (χ1v) is 7.70. The molecule has 1 aliphatic carbocycles. The van der Waals surface area contributed by atoms with Crippen molar-refractivity contribution in [3.8, 4) is 0 Å². The maximum absolute atomic E-state index is 13.6. The van der Waals surface area contributed by atoms with Gasteiger partial charge in [-0.2, -0.15) is 0 Å². The van der Waals surface area contributed by atoms with Crippen LogP contribution >= 0.6 is 0 Å². The third kappa shape index (κ3) is 4.14. The quantitative estimate of drug-likeness (QED) is 0.792. The summed E-state index contributed by atoms with van der Waals surface area (Å²) in [5.41, 5.74) is 0.511. The molecule has 3 heteroatoms. The normalized spacial score (nSPS) is 16.6. The maximum Gasteiger partial charge on any atom is 0.151 e. The fraction of sp³-hybridized carbons (Fsp3) is 0.588. The third-order valence-corrected chi connectivity index (χ3v) is 4.22. The van der Waals surface area contributed by atoms with Crippen LogP contribution in [-0.2, 0) is 11.2 Å². The lowest BCUT2D eigenvalue weighted by Crippen LogP contribution is -2.40. The standard InChI is InChI=1S/C17H24FNO/c1-2-19(15-9-4-3-5-10-15)13-16(20)12-14-8-6-7-11-17(14)18/h6-8,11,15H,2-5,9-10,12-13H2,1H3. The fourth-order valence-corrected chi connectivity index (χ4v) is 3.08. The first-order chi connectivity index (χ1) is 9.70. The highest BCUT2D eigenvalue weighted by Gasteiger charge is 2.22. The highest BCUT2D eigenvalue weighted by Crippen LogP contribution is 2.22. The van der Waals surface area contributed by atoms with Crippen LogP contribution in [0.1, 0.15) is 44.6 Å². The van der Waals surface area contributed by atoms with Gasteiger partial charge in [-0.3, -0.25) is 9.69 Å². The largest absolute Gasteiger partial charge is 0.298 e. The number of nitrogens with zero attached hydrogens (tertiary/aromatic N) is 1. The molecular formula is C17H24FNO. The Kier molecular flexibility index (Phi) is 5.72. The molecule has 0 spiro atoms. The smallest absolute Gasteiger partial charge is 0.151 e. The Morgan fingerprint density at radius 2 is 1.95 bits per heavy atom. The summed E-state index contributed by atoms with van der Waals surface area (Å²) in [5.74, 6) is -0.163. The Hall–Kier alpha value is -1.22. The summed E-state index contributed by atoms with van der Waals surface area (Å²) in [6, 6.07) is 7.10. The van der Waals surface area contributed by atoms with E-state index in [2.05, 4.69) is 11.8 Å². The van der Waals surface area contributed by atoms with Crippen LogP contribution in [-0.4, -0.2) is 29.8 Å². The highest BCUT2D eigenvalue weighted by atomic mass is 19.1. The van der Waals surface area contributed by atoms with E-state index < -0.39 is 0 Å². The minimum Gasteiger partial charge on any atom is -0.298 e. The Morgan fingerprint density at radius 1 is 1.25 bits per heavy atom. The lowest BCUT2D eigenvalue weighted by Gasteiger charge is -2.33. The molecule has 0 bridgehead atoms. The molecule has 1 saturated carbocycles. The van der Waals surface area contributed by atoms with Crippen molar-refractivity contribution in [2.75, 3.05) is 13.1 Å². The first kappa shape index (κ1) is 15.2. The summed E-state index contributed by atoms with van der Waals surface area (Å²) in [6.45, 7) is 3.45. The first-order valence-electron chi connectivity index (χ1n) is 7.70. The van der Waals surface area contributed by atoms with Crippen molar-refractivity contribution < 1.29 is 9.18 Å². The van der Waals surface area contributed by atoms with Crippen molar-refractivity contribution in [2.24, 2.45) is 0 Å². The average molecular weight is 277 g/mol. The fourth-order valence-electron chi connectivity index (χ4n) is 3.08. The number of Topliss-reactive ketones (excluding diaryl/α,β-unsaturated/α-hetero) is 1. The molecule has 1 aromatic rings. The molecular weight excluding hydrogens is 253 g/mol. The summed E-state index contributed by atoms with van der Waals surface area (Å²) in [6.07, 6.45) is 6.44. The van der Waals surface area contributed by atoms with E-state index in [1.165, 1.54) is 38.2 Å². The van der Waals surface area contributed by atoms with Gasteiger partial charge in [-0.05, 0) is 31.0 Å². The molecule has 1 aliphatic rings. The van der Waals surface area contributed by atoms with Crippen molar-refractivity contribution in [3.05, 3.63) is 35.6 Å². The number of carbonyl (C=O) groups excluding carboxylic acids is 1. The van der Waals surface area contributed by atoms with Crippen LogP contribution < -0.4 is 0 Å². The second-order valence-electron chi connectivity index (χ2n) is 5.66. The zero-order valence-electron chi connectivity index (χ0n) is 12.3. The molecule has 2 nitrogen and oxygen atoms in total. The van der Waals surface area contributed by atoms with E-state index in [4.69, 9.17) is 0 Å². The van der Waals surface area contributed by atoms with Crippen molar-refractivity contribution in [1.29, 1.82) is 0 Å². The number of rotatable bonds is 6. The van der Waals surface area contributed by atoms with Crippen LogP contribution in [0.15, 0.2) is 24.3 Å². The van der Waals surface area contributed by atoms with E-state index in [1.807, 2.05) is 0 Å². The third-order valence-electron chi connectivity index (χ3n) is 4.22. The molecule has 110 valence electrons. The molecule has 0 amide bonds. The van der Waals surface area contributed by atoms with Crippen molar-refractivity contribution in [2.45, 2.75) is 51.5 Å². The molecule has 0 aromatic heterocycles. The molecule has 1 aromatic carbocycles. The molecule has 0 aliphatic heterocycles. The molecule has 0 N–H and O–H groups in total. The predicted octanol–water partition coefficient (Wildman–Crippen LogP) is 3.59. The predicted molar refractivity (Wildman–Crippen MR) is 79.2 cm³/mol. The maximum atomic E-state index is 13.6. The lowest BCUT2D eigenvalue weighted by molar-refractivity contribution is -0.120. The molecule has 20 heavy (non-hydrogen) atoms. The number of hydrogen-bond donors (Lipinski definition) is 0. The van der Waals surface area contributed by atoms with Gasteiger partial charge in [-0.15, -0.1) is 0 Å². The molecule has 0 saturated heterocycles. The Bertz CT molecular complexity index is 440. The molecule has 0 atom stereocenters. The van der Waals surface area contributed by atoms with Crippen LogP contribution in [0, 0.1) is 5.82 Å². The molecule has 0 radical (unpaired) electrons. The zero-order chi connectivity index (χ0) is 14.4. The molecule has 2 rings (SSSR count). The van der Waals surface area contributed by atoms with Crippen molar-refractivity contribution in [3.63, 3.8) is 0 Å². The Balaban J connectivity index is 1.90. The monoisotopic (exact) mass is 277 g/mol. The second kappa shape index (κ2) is 7.53.